The molecule has 0 aliphatic carbocycles. The van der Waals surface area contributed by atoms with Gasteiger partial charge >= 0.3 is 5.97 Å². The minimum atomic E-state index is -0.438. The number of nitrogens with zero attached hydrogens (tertiary/aromatic N) is 2. The van der Waals surface area contributed by atoms with E-state index in [4.69, 9.17) is 16.3 Å². The van der Waals surface area contributed by atoms with E-state index in [2.05, 4.69) is 21.8 Å². The minimum Gasteiger partial charge on any atom is -0.464 e. The summed E-state index contributed by atoms with van der Waals surface area (Å²) in [7, 11) is 1.36. The fraction of sp³-hybridized carbons (Fsp3) is 0.500. The summed E-state index contributed by atoms with van der Waals surface area (Å²) in [6, 6.07) is 1.81. The smallest absolute Gasteiger partial charge is 0.356 e. The Bertz CT molecular complexity index is 698. The Labute approximate surface area is 134 Å². The molecule has 6 heteroatoms. The first-order chi connectivity index (χ1) is 10.6. The van der Waals surface area contributed by atoms with Gasteiger partial charge in [-0.15, -0.1) is 0 Å². The molecule has 1 aliphatic rings. The maximum Gasteiger partial charge on any atom is 0.356 e. The second kappa shape index (κ2) is 6.26. The standard InChI is InChI=1S/C16H20ClN3O2/c1-10-4-3-5-20(8-10)9-11-6-13(16(21)22-2)19-15-12(17)7-18-14(11)15/h6-7,10,18H,3-5,8-9H2,1-2H3/t10-/m0/s1. The first kappa shape index (κ1) is 15.3. The number of rotatable bonds is 3. The Hall–Kier alpha value is -1.59. The van der Waals surface area contributed by atoms with Crippen LogP contribution in [-0.2, 0) is 11.3 Å². The quantitative estimate of drug-likeness (QED) is 0.882. The molecule has 0 bridgehead atoms. The summed E-state index contributed by atoms with van der Waals surface area (Å²) in [4.78, 5) is 21.7. The van der Waals surface area contributed by atoms with E-state index in [1.54, 1.807) is 12.3 Å². The van der Waals surface area contributed by atoms with Gasteiger partial charge in [-0.2, -0.15) is 0 Å². The molecule has 0 radical (unpaired) electrons. The molecule has 22 heavy (non-hydrogen) atoms. The zero-order valence-corrected chi connectivity index (χ0v) is 13.6. The van der Waals surface area contributed by atoms with Gasteiger partial charge in [-0.05, 0) is 36.9 Å². The van der Waals surface area contributed by atoms with E-state index in [1.807, 2.05) is 0 Å². The second-order valence-electron chi connectivity index (χ2n) is 6.00. The molecular weight excluding hydrogens is 302 g/mol. The third-order valence-electron chi connectivity index (χ3n) is 4.20. The van der Waals surface area contributed by atoms with Crippen LogP contribution in [0.2, 0.25) is 5.02 Å². The van der Waals surface area contributed by atoms with Crippen LogP contribution in [-0.4, -0.2) is 41.0 Å². The number of halogens is 1. The predicted octanol–water partition coefficient (Wildman–Crippen LogP) is 3.23. The highest BCUT2D eigenvalue weighted by Gasteiger charge is 2.20. The average molecular weight is 322 g/mol. The van der Waals surface area contributed by atoms with E-state index in [-0.39, 0.29) is 0 Å². The third-order valence-corrected chi connectivity index (χ3v) is 4.49. The van der Waals surface area contributed by atoms with Gasteiger partial charge in [0.05, 0.1) is 17.6 Å². The number of aromatic amines is 1. The van der Waals surface area contributed by atoms with Crippen LogP contribution >= 0.6 is 11.6 Å². The van der Waals surface area contributed by atoms with E-state index < -0.39 is 5.97 Å². The van der Waals surface area contributed by atoms with Crippen molar-refractivity contribution >= 4 is 28.6 Å². The molecular formula is C16H20ClN3O2. The highest BCUT2D eigenvalue weighted by atomic mass is 35.5. The number of H-pyrrole nitrogens is 1. The lowest BCUT2D eigenvalue weighted by molar-refractivity contribution is 0.0594. The van der Waals surface area contributed by atoms with Gasteiger partial charge in [-0.3, -0.25) is 4.90 Å². The lowest BCUT2D eigenvalue weighted by Gasteiger charge is -2.31. The van der Waals surface area contributed by atoms with Crippen LogP contribution in [0.15, 0.2) is 12.3 Å². The van der Waals surface area contributed by atoms with Crippen LogP contribution in [0.4, 0.5) is 0 Å². The number of methoxy groups -OCH3 is 1. The Morgan fingerprint density at radius 1 is 1.59 bits per heavy atom. The van der Waals surface area contributed by atoms with Gasteiger partial charge in [0.2, 0.25) is 0 Å². The number of ether oxygens (including phenoxy) is 1. The molecule has 3 heterocycles. The topological polar surface area (TPSA) is 58.2 Å². The van der Waals surface area contributed by atoms with Crippen molar-refractivity contribution in [2.24, 2.45) is 5.92 Å². The third kappa shape index (κ3) is 2.96. The normalized spacial score (nSPS) is 19.5. The molecule has 0 aromatic carbocycles. The fourth-order valence-electron chi connectivity index (χ4n) is 3.14. The van der Waals surface area contributed by atoms with Gasteiger partial charge in [0.15, 0.2) is 0 Å². The number of carbonyl (C=O) groups excluding carboxylic acids is 1. The summed E-state index contributed by atoms with van der Waals surface area (Å²) < 4.78 is 4.80. The van der Waals surface area contributed by atoms with Gasteiger partial charge < -0.3 is 9.72 Å². The number of aromatic nitrogens is 2. The molecule has 1 N–H and O–H groups in total. The lowest BCUT2D eigenvalue weighted by Crippen LogP contribution is -2.33. The zero-order chi connectivity index (χ0) is 15.7. The van der Waals surface area contributed by atoms with Gasteiger partial charge in [0.1, 0.15) is 11.2 Å². The van der Waals surface area contributed by atoms with Crippen LogP contribution < -0.4 is 0 Å². The summed E-state index contributed by atoms with van der Waals surface area (Å²) in [6.07, 6.45) is 4.21. The summed E-state index contributed by atoms with van der Waals surface area (Å²) in [5, 5.41) is 0.522. The number of carbonyl (C=O) groups is 1. The van der Waals surface area contributed by atoms with Gasteiger partial charge in [-0.1, -0.05) is 18.5 Å². The van der Waals surface area contributed by atoms with Crippen molar-refractivity contribution in [1.29, 1.82) is 0 Å². The van der Waals surface area contributed by atoms with Crippen molar-refractivity contribution in [2.75, 3.05) is 20.2 Å². The maximum atomic E-state index is 11.8. The molecule has 5 nitrogen and oxygen atoms in total. The van der Waals surface area contributed by atoms with E-state index in [0.717, 1.165) is 30.7 Å². The monoisotopic (exact) mass is 321 g/mol. The predicted molar refractivity (Wildman–Crippen MR) is 86.1 cm³/mol. The van der Waals surface area contributed by atoms with E-state index in [9.17, 15) is 4.79 Å². The number of hydrogen-bond donors (Lipinski definition) is 1. The molecule has 2 aromatic heterocycles. The second-order valence-corrected chi connectivity index (χ2v) is 6.41. The first-order valence-corrected chi connectivity index (χ1v) is 7.93. The van der Waals surface area contributed by atoms with Crippen molar-refractivity contribution in [2.45, 2.75) is 26.3 Å². The highest BCUT2D eigenvalue weighted by Crippen LogP contribution is 2.27. The number of hydrogen-bond acceptors (Lipinski definition) is 4. The number of nitrogens with one attached hydrogen (secondary N) is 1. The summed E-state index contributed by atoms with van der Waals surface area (Å²) in [5.41, 5.74) is 2.86. The molecule has 118 valence electrons. The van der Waals surface area contributed by atoms with Crippen LogP contribution in [0.3, 0.4) is 0 Å². The summed E-state index contributed by atoms with van der Waals surface area (Å²) in [5.74, 6) is 0.269. The molecule has 2 aromatic rings. The SMILES string of the molecule is COC(=O)c1cc(CN2CCC[C@H](C)C2)c2[nH]cc(Cl)c2n1. The summed E-state index contributed by atoms with van der Waals surface area (Å²) in [6.45, 7) is 5.21. The van der Waals surface area contributed by atoms with Crippen molar-refractivity contribution in [3.63, 3.8) is 0 Å². The van der Waals surface area contributed by atoms with Crippen LogP contribution in [0.25, 0.3) is 11.0 Å². The summed E-state index contributed by atoms with van der Waals surface area (Å²) >= 11 is 6.17. The fourth-order valence-corrected chi connectivity index (χ4v) is 3.33. The Balaban J connectivity index is 1.97. The Morgan fingerprint density at radius 2 is 2.41 bits per heavy atom. The van der Waals surface area contributed by atoms with Crippen LogP contribution in [0.1, 0.15) is 35.8 Å². The zero-order valence-electron chi connectivity index (χ0n) is 12.9. The maximum absolute atomic E-state index is 11.8. The average Bonchev–Trinajstić information content (AvgIpc) is 2.88. The van der Waals surface area contributed by atoms with Crippen molar-refractivity contribution in [1.82, 2.24) is 14.9 Å². The molecule has 0 amide bonds. The molecule has 1 saturated heterocycles. The largest absolute Gasteiger partial charge is 0.464 e. The molecule has 0 saturated carbocycles. The lowest BCUT2D eigenvalue weighted by atomic mass is 9.99. The minimum absolute atomic E-state index is 0.302. The molecule has 3 rings (SSSR count). The number of pyridine rings is 1. The van der Waals surface area contributed by atoms with Gasteiger partial charge in [0, 0.05) is 19.3 Å². The van der Waals surface area contributed by atoms with E-state index in [1.165, 1.54) is 20.0 Å². The van der Waals surface area contributed by atoms with Gasteiger partial charge in [-0.25, -0.2) is 9.78 Å². The molecule has 0 spiro atoms. The van der Waals surface area contributed by atoms with Gasteiger partial charge in [0.25, 0.3) is 0 Å². The van der Waals surface area contributed by atoms with E-state index in [0.29, 0.717) is 22.2 Å². The first-order valence-electron chi connectivity index (χ1n) is 7.55. The number of likely N-dealkylation sites (tertiary alicyclic amines) is 1. The number of fused-ring (bicyclic) bond motifs is 1. The molecule has 1 fully saturated rings. The Morgan fingerprint density at radius 3 is 3.14 bits per heavy atom. The molecule has 1 atom stereocenters. The molecule has 0 unspecified atom stereocenters. The van der Waals surface area contributed by atoms with Crippen molar-refractivity contribution in [3.8, 4) is 0 Å². The number of esters is 1. The van der Waals surface area contributed by atoms with Crippen LogP contribution in [0.5, 0.6) is 0 Å². The highest BCUT2D eigenvalue weighted by molar-refractivity contribution is 6.35. The van der Waals surface area contributed by atoms with Crippen molar-refractivity contribution in [3.05, 3.63) is 28.5 Å². The molecule has 1 aliphatic heterocycles. The Kier molecular flexibility index (Phi) is 4.36. The van der Waals surface area contributed by atoms with Crippen molar-refractivity contribution < 1.29 is 9.53 Å². The number of piperidine rings is 1. The van der Waals surface area contributed by atoms with E-state index >= 15 is 0 Å². The van der Waals surface area contributed by atoms with Crippen LogP contribution in [0, 0.1) is 5.92 Å².